The minimum atomic E-state index is -0.764. The average Bonchev–Trinajstić information content (AvgIpc) is 2.81. The van der Waals surface area contributed by atoms with Crippen molar-refractivity contribution in [2.24, 2.45) is 0 Å². The number of anilines is 3. The van der Waals surface area contributed by atoms with Crippen LogP contribution in [0.4, 0.5) is 27.0 Å². The molecular weight excluding hydrogens is 518 g/mol. The number of likely N-dealkylation sites (N-methyl/N-ethyl adjacent to an activating group) is 1. The van der Waals surface area contributed by atoms with Crippen molar-refractivity contribution in [3.63, 3.8) is 0 Å². The highest BCUT2D eigenvalue weighted by molar-refractivity contribution is 6.32. The van der Waals surface area contributed by atoms with Gasteiger partial charge in [0.05, 0.1) is 11.9 Å². The van der Waals surface area contributed by atoms with Crippen molar-refractivity contribution in [2.75, 3.05) is 29.9 Å². The lowest BCUT2D eigenvalue weighted by molar-refractivity contribution is 0.0236. The number of aromatic nitrogens is 2. The lowest BCUT2D eigenvalue weighted by Crippen LogP contribution is -2.37. The van der Waals surface area contributed by atoms with Crippen molar-refractivity contribution < 1.29 is 19.1 Å². The lowest BCUT2D eigenvalue weighted by Gasteiger charge is -2.29. The molecule has 2 amide bonds. The maximum absolute atomic E-state index is 13.5. The lowest BCUT2D eigenvalue weighted by atomic mass is 10.1. The largest absolute Gasteiger partial charge is 0.444 e. The van der Waals surface area contributed by atoms with Gasteiger partial charge in [0, 0.05) is 26.7 Å². The first kappa shape index (κ1) is 31.6. The number of halogens is 1. The first-order chi connectivity index (χ1) is 18.1. The molecule has 1 heterocycles. The summed E-state index contributed by atoms with van der Waals surface area (Å²) in [5, 5.41) is 0.330. The third-order valence-corrected chi connectivity index (χ3v) is 5.32. The summed E-state index contributed by atoms with van der Waals surface area (Å²) in [6.07, 6.45) is 4.42. The highest BCUT2D eigenvalue weighted by Gasteiger charge is 2.29. The molecule has 0 aliphatic heterocycles. The van der Waals surface area contributed by atoms with Crippen LogP contribution in [0.1, 0.15) is 53.5 Å². The zero-order valence-electron chi connectivity index (χ0n) is 24.0. The molecule has 9 nitrogen and oxygen atoms in total. The molecule has 39 heavy (non-hydrogen) atoms. The van der Waals surface area contributed by atoms with Crippen molar-refractivity contribution in [2.45, 2.75) is 65.7 Å². The van der Waals surface area contributed by atoms with Crippen LogP contribution in [0.25, 0.3) is 0 Å². The fraction of sp³-hybridized carbons (Fsp3) is 0.448. The van der Waals surface area contributed by atoms with Crippen LogP contribution in [-0.4, -0.2) is 58.4 Å². The van der Waals surface area contributed by atoms with Crippen molar-refractivity contribution >= 4 is 41.2 Å². The van der Waals surface area contributed by atoms with E-state index in [1.807, 2.05) is 33.9 Å². The van der Waals surface area contributed by atoms with Crippen molar-refractivity contribution in [1.29, 1.82) is 0 Å². The van der Waals surface area contributed by atoms with Gasteiger partial charge in [0.1, 0.15) is 16.2 Å². The summed E-state index contributed by atoms with van der Waals surface area (Å²) in [4.78, 5) is 40.0. The molecule has 0 aliphatic carbocycles. The second kappa shape index (κ2) is 13.5. The highest BCUT2D eigenvalue weighted by atomic mass is 35.5. The Morgan fingerprint density at radius 2 is 1.67 bits per heavy atom. The Labute approximate surface area is 237 Å². The predicted octanol–water partition coefficient (Wildman–Crippen LogP) is 7.14. The summed E-state index contributed by atoms with van der Waals surface area (Å²) in [5.41, 5.74) is -0.162. The highest BCUT2D eigenvalue weighted by Crippen LogP contribution is 2.30. The maximum Gasteiger partial charge on any atom is 0.421 e. The molecule has 0 aliphatic rings. The first-order valence-corrected chi connectivity index (χ1v) is 13.1. The second-order valence-electron chi connectivity index (χ2n) is 11.0. The van der Waals surface area contributed by atoms with Gasteiger partial charge in [-0.1, -0.05) is 35.9 Å². The Bertz CT molecular complexity index is 1170. The van der Waals surface area contributed by atoms with Gasteiger partial charge in [-0.05, 0) is 65.7 Å². The molecule has 2 rings (SSSR count). The monoisotopic (exact) mass is 557 g/mol. The molecule has 0 atom stereocenters. The van der Waals surface area contributed by atoms with E-state index in [1.54, 1.807) is 60.9 Å². The predicted molar refractivity (Wildman–Crippen MR) is 157 cm³/mol. The van der Waals surface area contributed by atoms with Crippen LogP contribution in [0.2, 0.25) is 5.02 Å². The van der Waals surface area contributed by atoms with Crippen LogP contribution in [0, 0.1) is 0 Å². The van der Waals surface area contributed by atoms with Gasteiger partial charge in [0.15, 0.2) is 5.82 Å². The number of hydrogen-bond acceptors (Lipinski definition) is 7. The van der Waals surface area contributed by atoms with Crippen molar-refractivity contribution in [1.82, 2.24) is 14.9 Å². The Balaban J connectivity index is 2.53. The Morgan fingerprint density at radius 1 is 1.03 bits per heavy atom. The number of rotatable bonds is 10. The molecule has 10 heteroatoms. The second-order valence-corrected chi connectivity index (χ2v) is 11.4. The number of amides is 2. The van der Waals surface area contributed by atoms with E-state index >= 15 is 0 Å². The number of carbonyl (C=O) groups is 2. The topological polar surface area (TPSA) is 88.1 Å². The number of benzene rings is 1. The Hall–Kier alpha value is -3.59. The summed E-state index contributed by atoms with van der Waals surface area (Å²) < 4.78 is 11.3. The zero-order valence-corrected chi connectivity index (χ0v) is 24.8. The van der Waals surface area contributed by atoms with Gasteiger partial charge < -0.3 is 19.3 Å². The van der Waals surface area contributed by atoms with Crippen molar-refractivity contribution in [3.8, 4) is 0 Å². The fourth-order valence-corrected chi connectivity index (χ4v) is 3.67. The average molecular weight is 558 g/mol. The van der Waals surface area contributed by atoms with Gasteiger partial charge in [-0.25, -0.2) is 19.5 Å². The standard InChI is InChI=1S/C29H40ClN5O4/c1-10-12-17-34(26(36)38-28(3,4)5)20-21-14-13-15-22(18-21)35(27(37)39-29(6,7)8)25-31-19-23(30)24(32-25)33(9)16-11-2/h10-11,13-15,18-19H,1-2,12,16-17,20H2,3-9H3. The molecule has 0 unspecified atom stereocenters. The third-order valence-electron chi connectivity index (χ3n) is 5.05. The molecule has 0 fully saturated rings. The van der Waals surface area contributed by atoms with E-state index in [0.717, 1.165) is 5.56 Å². The number of carbonyl (C=O) groups excluding carboxylic acids is 2. The molecule has 212 valence electrons. The zero-order chi connectivity index (χ0) is 29.4. The van der Waals surface area contributed by atoms with Gasteiger partial charge in [-0.3, -0.25) is 0 Å². The van der Waals surface area contributed by atoms with E-state index in [-0.39, 0.29) is 12.5 Å². The van der Waals surface area contributed by atoms with E-state index in [1.165, 1.54) is 11.1 Å². The van der Waals surface area contributed by atoms with Crippen LogP contribution < -0.4 is 9.80 Å². The SMILES string of the molecule is C=CCCN(Cc1cccc(N(C(=O)OC(C)(C)C)c2ncc(Cl)c(N(C)CC=C)n2)c1)C(=O)OC(C)(C)C. The number of hydrogen-bond donors (Lipinski definition) is 0. The molecule has 0 radical (unpaired) electrons. The van der Waals surface area contributed by atoms with Gasteiger partial charge in [0.2, 0.25) is 5.95 Å². The first-order valence-electron chi connectivity index (χ1n) is 12.7. The van der Waals surface area contributed by atoms with Gasteiger partial charge in [0.25, 0.3) is 0 Å². The number of ether oxygens (including phenoxy) is 2. The molecular formula is C29H40ClN5O4. The molecule has 2 aromatic rings. The number of nitrogens with zero attached hydrogens (tertiary/aromatic N) is 5. The molecule has 0 bridgehead atoms. The molecule has 1 aromatic carbocycles. The summed E-state index contributed by atoms with van der Waals surface area (Å²) in [7, 11) is 1.81. The van der Waals surface area contributed by atoms with E-state index in [9.17, 15) is 9.59 Å². The van der Waals surface area contributed by atoms with Crippen molar-refractivity contribution in [3.05, 3.63) is 66.4 Å². The maximum atomic E-state index is 13.5. The van der Waals surface area contributed by atoms with E-state index < -0.39 is 23.4 Å². The quantitative estimate of drug-likeness (QED) is 0.287. The van der Waals surface area contributed by atoms with E-state index in [4.69, 9.17) is 21.1 Å². The minimum Gasteiger partial charge on any atom is -0.444 e. The molecule has 0 saturated carbocycles. The van der Waals surface area contributed by atoms with Crippen LogP contribution in [0.5, 0.6) is 0 Å². The van der Waals surface area contributed by atoms with Gasteiger partial charge >= 0.3 is 12.2 Å². The summed E-state index contributed by atoms with van der Waals surface area (Å²) in [6.45, 7) is 19.5. The third kappa shape index (κ3) is 9.90. The summed E-state index contributed by atoms with van der Waals surface area (Å²) >= 11 is 6.37. The van der Waals surface area contributed by atoms with Crippen LogP contribution >= 0.6 is 11.6 Å². The normalized spacial score (nSPS) is 11.4. The molecule has 0 N–H and O–H groups in total. The van der Waals surface area contributed by atoms with Gasteiger partial charge in [-0.2, -0.15) is 4.98 Å². The Morgan fingerprint density at radius 3 is 2.26 bits per heavy atom. The van der Waals surface area contributed by atoms with Crippen LogP contribution in [-0.2, 0) is 16.0 Å². The molecule has 1 aromatic heterocycles. The molecule has 0 saturated heterocycles. The van der Waals surface area contributed by atoms with Gasteiger partial charge in [-0.15, -0.1) is 13.2 Å². The fourth-order valence-electron chi connectivity index (χ4n) is 3.44. The minimum absolute atomic E-state index is 0.0902. The summed E-state index contributed by atoms with van der Waals surface area (Å²) in [6, 6.07) is 7.21. The van der Waals surface area contributed by atoms with E-state index in [0.29, 0.717) is 36.0 Å². The summed E-state index contributed by atoms with van der Waals surface area (Å²) in [5.74, 6) is 0.527. The van der Waals surface area contributed by atoms with Crippen LogP contribution in [0.15, 0.2) is 55.8 Å². The Kier molecular flexibility index (Phi) is 10.9. The van der Waals surface area contributed by atoms with E-state index in [2.05, 4.69) is 23.1 Å². The van der Waals surface area contributed by atoms with Crippen LogP contribution in [0.3, 0.4) is 0 Å². The smallest absolute Gasteiger partial charge is 0.421 e. The molecule has 0 spiro atoms.